The lowest BCUT2D eigenvalue weighted by atomic mass is 9.49. The first kappa shape index (κ1) is 24.6. The van der Waals surface area contributed by atoms with Crippen LogP contribution in [0.1, 0.15) is 69.0 Å². The minimum atomic E-state index is -5.01. The number of hydrogen-bond acceptors (Lipinski definition) is 5. The number of likely N-dealkylation sites (tertiary alicyclic amines) is 1. The number of alkyl halides is 3. The molecule has 4 bridgehead atoms. The van der Waals surface area contributed by atoms with Crippen LogP contribution in [0.25, 0.3) is 0 Å². The first-order valence-corrected chi connectivity index (χ1v) is 13.4. The summed E-state index contributed by atoms with van der Waals surface area (Å²) in [5.74, 6) is 0.249. The average Bonchev–Trinajstić information content (AvgIpc) is 3.30. The molecular weight excluding hydrogens is 487 g/mol. The van der Waals surface area contributed by atoms with Crippen LogP contribution in [0.15, 0.2) is 6.33 Å². The minimum absolute atomic E-state index is 0.0337. The highest BCUT2D eigenvalue weighted by Crippen LogP contribution is 2.61. The standard InChI is InChI=1S/C26H32F3N5O3/c27-26(28,29)24(37)34-4-1-2-20(34)23(36)33-5-3-18-19(13-33)30-14-31-22(18)32-21(35)12-25-9-15-6-16(10-25)8-17(7-15)11-25/h14-17,20H,1-13H2,(H,30,31,32,35). The zero-order valence-electron chi connectivity index (χ0n) is 20.7. The smallest absolute Gasteiger partial charge is 0.335 e. The Bertz CT molecular complexity index is 1090. The molecule has 0 radical (unpaired) electrons. The fourth-order valence-corrected chi connectivity index (χ4v) is 8.31. The fourth-order valence-electron chi connectivity index (χ4n) is 8.31. The van der Waals surface area contributed by atoms with Crippen molar-refractivity contribution >= 4 is 23.5 Å². The number of anilines is 1. The van der Waals surface area contributed by atoms with Crippen molar-refractivity contribution < 1.29 is 27.6 Å². The largest absolute Gasteiger partial charge is 0.471 e. The van der Waals surface area contributed by atoms with E-state index in [2.05, 4.69) is 15.3 Å². The van der Waals surface area contributed by atoms with Gasteiger partial charge in [-0.05, 0) is 81.0 Å². The number of carbonyl (C=O) groups excluding carboxylic acids is 3. The SMILES string of the molecule is O=C(CC12CC3CC(CC(C3)C1)C2)Nc1ncnc2c1CCN(C(=O)C1CCCN1C(=O)C(F)(F)F)C2. The van der Waals surface area contributed by atoms with Crippen LogP contribution >= 0.6 is 0 Å². The third-order valence-corrected chi connectivity index (χ3v) is 9.32. The van der Waals surface area contributed by atoms with Gasteiger partial charge in [0, 0.05) is 25.1 Å². The number of fused-ring (bicyclic) bond motifs is 1. The molecule has 3 amide bonds. The molecule has 5 fully saturated rings. The molecule has 11 heteroatoms. The van der Waals surface area contributed by atoms with Crippen molar-refractivity contribution in [2.45, 2.75) is 83.0 Å². The van der Waals surface area contributed by atoms with Crippen molar-refractivity contribution in [3.8, 4) is 0 Å². The van der Waals surface area contributed by atoms with E-state index in [1.54, 1.807) is 0 Å². The number of aromatic nitrogens is 2. The summed E-state index contributed by atoms with van der Waals surface area (Å²) in [6.45, 7) is 0.294. The van der Waals surface area contributed by atoms with Gasteiger partial charge in [-0.1, -0.05) is 0 Å². The van der Waals surface area contributed by atoms with Gasteiger partial charge < -0.3 is 15.1 Å². The Labute approximate surface area is 213 Å². The van der Waals surface area contributed by atoms with Crippen molar-refractivity contribution in [1.29, 1.82) is 0 Å². The summed E-state index contributed by atoms with van der Waals surface area (Å²) in [5, 5.41) is 3.01. The molecule has 8 nitrogen and oxygen atoms in total. The maximum absolute atomic E-state index is 13.1. The molecule has 37 heavy (non-hydrogen) atoms. The van der Waals surface area contributed by atoms with Crippen molar-refractivity contribution in [2.24, 2.45) is 23.2 Å². The fraction of sp³-hybridized carbons (Fsp3) is 0.731. The van der Waals surface area contributed by atoms with Crippen LogP contribution in [0, 0.1) is 23.2 Å². The van der Waals surface area contributed by atoms with Crippen LogP contribution in [0.3, 0.4) is 0 Å². The molecule has 4 saturated carbocycles. The van der Waals surface area contributed by atoms with Gasteiger partial charge in [-0.3, -0.25) is 14.4 Å². The zero-order valence-corrected chi connectivity index (χ0v) is 20.7. The van der Waals surface area contributed by atoms with Gasteiger partial charge in [-0.25, -0.2) is 9.97 Å². The molecule has 1 aromatic rings. The molecule has 7 rings (SSSR count). The first-order valence-electron chi connectivity index (χ1n) is 13.4. The second kappa shape index (κ2) is 8.94. The number of halogens is 3. The Morgan fingerprint density at radius 1 is 1.03 bits per heavy atom. The lowest BCUT2D eigenvalue weighted by Crippen LogP contribution is -2.52. The number of rotatable bonds is 4. The predicted octanol–water partition coefficient (Wildman–Crippen LogP) is 3.46. The summed E-state index contributed by atoms with van der Waals surface area (Å²) in [7, 11) is 0. The molecule has 0 aromatic carbocycles. The van der Waals surface area contributed by atoms with Crippen LogP contribution < -0.4 is 5.32 Å². The van der Waals surface area contributed by atoms with E-state index in [0.717, 1.165) is 42.6 Å². The maximum atomic E-state index is 13.1. The topological polar surface area (TPSA) is 95.5 Å². The molecule has 1 saturated heterocycles. The van der Waals surface area contributed by atoms with Gasteiger partial charge in [0.05, 0.1) is 12.2 Å². The monoisotopic (exact) mass is 519 g/mol. The van der Waals surface area contributed by atoms with Crippen LogP contribution in [0.4, 0.5) is 19.0 Å². The number of carbonyl (C=O) groups is 3. The Kier molecular flexibility index (Phi) is 5.95. The van der Waals surface area contributed by atoms with Gasteiger partial charge in [-0.15, -0.1) is 0 Å². The molecule has 200 valence electrons. The third kappa shape index (κ3) is 4.58. The summed E-state index contributed by atoms with van der Waals surface area (Å²) in [6, 6.07) is -1.11. The van der Waals surface area contributed by atoms with Crippen molar-refractivity contribution in [2.75, 3.05) is 18.4 Å². The minimum Gasteiger partial charge on any atom is -0.335 e. The molecule has 6 aliphatic rings. The predicted molar refractivity (Wildman–Crippen MR) is 126 cm³/mol. The number of hydrogen-bond donors (Lipinski definition) is 1. The molecular formula is C26H32F3N5O3. The third-order valence-electron chi connectivity index (χ3n) is 9.32. The normalized spacial score (nSPS) is 32.4. The van der Waals surface area contributed by atoms with Gasteiger partial charge in [0.2, 0.25) is 11.8 Å². The summed E-state index contributed by atoms with van der Waals surface area (Å²) >= 11 is 0. The summed E-state index contributed by atoms with van der Waals surface area (Å²) in [6.07, 6.45) is 5.16. The summed E-state index contributed by atoms with van der Waals surface area (Å²) in [5.41, 5.74) is 1.45. The first-order chi connectivity index (χ1) is 17.6. The van der Waals surface area contributed by atoms with E-state index in [4.69, 9.17) is 0 Å². The van der Waals surface area contributed by atoms with E-state index in [1.165, 1.54) is 30.5 Å². The molecule has 2 aliphatic heterocycles. The second-order valence-electron chi connectivity index (χ2n) is 12.0. The van der Waals surface area contributed by atoms with E-state index in [0.29, 0.717) is 35.7 Å². The van der Waals surface area contributed by atoms with Crippen molar-refractivity contribution in [1.82, 2.24) is 19.8 Å². The van der Waals surface area contributed by atoms with Crippen molar-refractivity contribution in [3.63, 3.8) is 0 Å². The highest BCUT2D eigenvalue weighted by molar-refractivity contribution is 5.92. The molecule has 1 N–H and O–H groups in total. The Morgan fingerprint density at radius 3 is 2.35 bits per heavy atom. The van der Waals surface area contributed by atoms with Crippen LogP contribution in [0.5, 0.6) is 0 Å². The molecule has 3 heterocycles. The number of nitrogens with zero attached hydrogens (tertiary/aromatic N) is 4. The van der Waals surface area contributed by atoms with Gasteiger partial charge in [0.25, 0.3) is 0 Å². The van der Waals surface area contributed by atoms with Crippen LogP contribution in [-0.2, 0) is 27.3 Å². The Balaban J connectivity index is 1.12. The molecule has 0 spiro atoms. The van der Waals surface area contributed by atoms with Crippen LogP contribution in [0.2, 0.25) is 0 Å². The van der Waals surface area contributed by atoms with Gasteiger partial charge >= 0.3 is 12.1 Å². The van der Waals surface area contributed by atoms with E-state index in [1.807, 2.05) is 0 Å². The van der Waals surface area contributed by atoms with E-state index in [9.17, 15) is 27.6 Å². The average molecular weight is 520 g/mol. The van der Waals surface area contributed by atoms with Crippen molar-refractivity contribution in [3.05, 3.63) is 17.6 Å². The highest BCUT2D eigenvalue weighted by Gasteiger charge is 2.52. The lowest BCUT2D eigenvalue weighted by molar-refractivity contribution is -0.187. The molecule has 1 atom stereocenters. The number of nitrogens with one attached hydrogen (secondary N) is 1. The quantitative estimate of drug-likeness (QED) is 0.658. The van der Waals surface area contributed by atoms with Gasteiger partial charge in [0.15, 0.2) is 0 Å². The zero-order chi connectivity index (χ0) is 25.9. The molecule has 1 aromatic heterocycles. The molecule has 1 unspecified atom stereocenters. The number of amides is 3. The van der Waals surface area contributed by atoms with Gasteiger partial charge in [0.1, 0.15) is 18.2 Å². The summed E-state index contributed by atoms with van der Waals surface area (Å²) < 4.78 is 39.0. The molecule has 4 aliphatic carbocycles. The van der Waals surface area contributed by atoms with E-state index < -0.39 is 24.0 Å². The van der Waals surface area contributed by atoms with Crippen LogP contribution in [-0.4, -0.2) is 62.8 Å². The summed E-state index contributed by atoms with van der Waals surface area (Å²) in [4.78, 5) is 48.8. The Hall–Kier alpha value is -2.72. The maximum Gasteiger partial charge on any atom is 0.471 e. The second-order valence-corrected chi connectivity index (χ2v) is 12.0. The highest BCUT2D eigenvalue weighted by atomic mass is 19.4. The van der Waals surface area contributed by atoms with E-state index in [-0.39, 0.29) is 37.4 Å². The Morgan fingerprint density at radius 2 is 1.70 bits per heavy atom. The van der Waals surface area contributed by atoms with Gasteiger partial charge in [-0.2, -0.15) is 13.2 Å². The van der Waals surface area contributed by atoms with E-state index >= 15 is 0 Å². The lowest BCUT2D eigenvalue weighted by Gasteiger charge is -2.56.